The number of rotatable bonds is 6. The van der Waals surface area contributed by atoms with Crippen LogP contribution in [-0.4, -0.2) is 31.3 Å². The molecule has 7 nitrogen and oxygen atoms in total. The zero-order valence-electron chi connectivity index (χ0n) is 17.9. The van der Waals surface area contributed by atoms with Gasteiger partial charge in [-0.05, 0) is 30.7 Å². The maximum absolute atomic E-state index is 12.5. The smallest absolute Gasteiger partial charge is 0.275 e. The summed E-state index contributed by atoms with van der Waals surface area (Å²) in [6.07, 6.45) is 0. The molecule has 0 aliphatic carbocycles. The SMILES string of the molecule is Cc1ccc(Cn2c(SCC(=O)N=Nc3c(O)[nH]c4ccccc34)nc3ccccc32)cc1. The molecule has 0 atom stereocenters. The fraction of sp³-hybridized carbons (Fsp3) is 0.120. The second-order valence-electron chi connectivity index (χ2n) is 7.71. The lowest BCUT2D eigenvalue weighted by molar-refractivity contribution is -0.115. The number of thioether (sulfide) groups is 1. The molecule has 0 saturated carbocycles. The third-order valence-corrected chi connectivity index (χ3v) is 6.29. The van der Waals surface area contributed by atoms with Crippen molar-refractivity contribution in [2.24, 2.45) is 10.2 Å². The van der Waals surface area contributed by atoms with Gasteiger partial charge >= 0.3 is 0 Å². The highest BCUT2D eigenvalue weighted by atomic mass is 32.2. The fourth-order valence-corrected chi connectivity index (χ4v) is 4.46. The lowest BCUT2D eigenvalue weighted by atomic mass is 10.1. The highest BCUT2D eigenvalue weighted by molar-refractivity contribution is 7.99. The molecule has 2 N–H and O–H groups in total. The first-order chi connectivity index (χ1) is 16.1. The summed E-state index contributed by atoms with van der Waals surface area (Å²) in [4.78, 5) is 20.0. The van der Waals surface area contributed by atoms with Crippen LogP contribution in [0.5, 0.6) is 5.88 Å². The number of carbonyl (C=O) groups is 1. The number of aromatic nitrogens is 3. The van der Waals surface area contributed by atoms with Crippen molar-refractivity contribution in [3.05, 3.63) is 83.9 Å². The average Bonchev–Trinajstić information content (AvgIpc) is 3.34. The summed E-state index contributed by atoms with van der Waals surface area (Å²) >= 11 is 1.33. The Kier molecular flexibility index (Phi) is 5.66. The van der Waals surface area contributed by atoms with Crippen molar-refractivity contribution in [1.29, 1.82) is 0 Å². The number of aromatic amines is 1. The van der Waals surface area contributed by atoms with Crippen molar-refractivity contribution in [2.75, 3.05) is 5.75 Å². The summed E-state index contributed by atoms with van der Waals surface area (Å²) in [6.45, 7) is 2.72. The van der Waals surface area contributed by atoms with Crippen LogP contribution in [0.3, 0.4) is 0 Å². The molecule has 5 aromatic rings. The predicted molar refractivity (Wildman–Crippen MR) is 130 cm³/mol. The second kappa shape index (κ2) is 8.91. The number of nitrogens with one attached hydrogen (secondary N) is 1. The summed E-state index contributed by atoms with van der Waals surface area (Å²) in [5.41, 5.74) is 5.25. The summed E-state index contributed by atoms with van der Waals surface area (Å²) in [7, 11) is 0. The fourth-order valence-electron chi connectivity index (χ4n) is 3.67. The van der Waals surface area contributed by atoms with Crippen LogP contribution in [0.4, 0.5) is 5.69 Å². The van der Waals surface area contributed by atoms with E-state index >= 15 is 0 Å². The molecule has 0 fully saturated rings. The Morgan fingerprint density at radius 1 is 1.06 bits per heavy atom. The number of benzene rings is 3. The molecule has 2 heterocycles. The molecule has 0 spiro atoms. The van der Waals surface area contributed by atoms with Gasteiger partial charge in [-0.2, -0.15) is 0 Å². The number of para-hydroxylation sites is 3. The molecule has 1 amide bonds. The minimum absolute atomic E-state index is 0.0871. The Morgan fingerprint density at radius 2 is 1.82 bits per heavy atom. The van der Waals surface area contributed by atoms with Crippen LogP contribution in [0, 0.1) is 6.92 Å². The molecular weight excluding hydrogens is 434 g/mol. The third-order valence-electron chi connectivity index (χ3n) is 5.33. The number of aromatic hydroxyl groups is 1. The Morgan fingerprint density at radius 3 is 2.67 bits per heavy atom. The highest BCUT2D eigenvalue weighted by Crippen LogP contribution is 2.35. The van der Waals surface area contributed by atoms with Crippen LogP contribution in [0.25, 0.3) is 21.9 Å². The van der Waals surface area contributed by atoms with Crippen LogP contribution in [-0.2, 0) is 11.3 Å². The van der Waals surface area contributed by atoms with Crippen molar-refractivity contribution in [3.8, 4) is 5.88 Å². The molecule has 0 aliphatic heterocycles. The molecule has 0 bridgehead atoms. The third kappa shape index (κ3) is 4.38. The molecular formula is C25H21N5O2S. The second-order valence-corrected chi connectivity index (χ2v) is 8.65. The number of H-pyrrole nitrogens is 1. The Labute approximate surface area is 194 Å². The van der Waals surface area contributed by atoms with Gasteiger partial charge in [0.15, 0.2) is 10.8 Å². The van der Waals surface area contributed by atoms with Crippen LogP contribution in [0.15, 0.2) is 88.2 Å². The first-order valence-electron chi connectivity index (χ1n) is 10.5. The number of carbonyl (C=O) groups excluding carboxylic acids is 1. The van der Waals surface area contributed by atoms with Crippen molar-refractivity contribution >= 4 is 45.3 Å². The van der Waals surface area contributed by atoms with Gasteiger partial charge in [-0.25, -0.2) is 4.98 Å². The van der Waals surface area contributed by atoms with Crippen LogP contribution >= 0.6 is 11.8 Å². The minimum Gasteiger partial charge on any atom is -0.493 e. The number of amides is 1. The molecule has 2 aromatic heterocycles. The van der Waals surface area contributed by atoms with E-state index in [1.807, 2.05) is 48.5 Å². The van der Waals surface area contributed by atoms with E-state index in [-0.39, 0.29) is 17.3 Å². The van der Waals surface area contributed by atoms with Gasteiger partial charge in [-0.15, -0.1) is 10.2 Å². The zero-order valence-corrected chi connectivity index (χ0v) is 18.7. The molecule has 164 valence electrons. The van der Waals surface area contributed by atoms with Gasteiger partial charge in [0, 0.05) is 5.39 Å². The highest BCUT2D eigenvalue weighted by Gasteiger charge is 2.14. The standard InChI is InChI=1S/C25H21N5O2S/c1-16-10-12-17(13-11-16)14-30-21-9-5-4-8-20(21)27-25(30)33-15-22(31)28-29-23-18-6-2-3-7-19(18)26-24(23)32/h2-13,26,32H,14-15H2,1H3. The molecule has 33 heavy (non-hydrogen) atoms. The van der Waals surface area contributed by atoms with Crippen molar-refractivity contribution in [3.63, 3.8) is 0 Å². The largest absolute Gasteiger partial charge is 0.493 e. The van der Waals surface area contributed by atoms with E-state index in [1.54, 1.807) is 0 Å². The summed E-state index contributed by atoms with van der Waals surface area (Å²) < 4.78 is 2.11. The van der Waals surface area contributed by atoms with Crippen LogP contribution in [0.2, 0.25) is 0 Å². The predicted octanol–water partition coefficient (Wildman–Crippen LogP) is 5.98. The molecule has 0 aliphatic rings. The maximum atomic E-state index is 12.5. The first-order valence-corrected chi connectivity index (χ1v) is 11.4. The number of nitrogens with zero attached hydrogens (tertiary/aromatic N) is 4. The lowest BCUT2D eigenvalue weighted by Gasteiger charge is -2.09. The van der Waals surface area contributed by atoms with Gasteiger partial charge in [-0.3, -0.25) is 4.79 Å². The lowest BCUT2D eigenvalue weighted by Crippen LogP contribution is -2.04. The molecule has 3 aromatic carbocycles. The number of hydrogen-bond acceptors (Lipinski definition) is 5. The van der Waals surface area contributed by atoms with E-state index in [0.29, 0.717) is 11.9 Å². The molecule has 0 unspecified atom stereocenters. The topological polar surface area (TPSA) is 95.6 Å². The molecule has 8 heteroatoms. The number of imidazole rings is 1. The maximum Gasteiger partial charge on any atom is 0.275 e. The summed E-state index contributed by atoms with van der Waals surface area (Å²) in [5.74, 6) is -0.428. The quantitative estimate of drug-likeness (QED) is 0.243. The van der Waals surface area contributed by atoms with Crippen LogP contribution in [0.1, 0.15) is 11.1 Å². The van der Waals surface area contributed by atoms with Crippen molar-refractivity contribution in [1.82, 2.24) is 14.5 Å². The molecule has 0 radical (unpaired) electrons. The van der Waals surface area contributed by atoms with Gasteiger partial charge in [-0.1, -0.05) is 71.9 Å². The Balaban J connectivity index is 1.35. The Bertz CT molecular complexity index is 1480. The van der Waals surface area contributed by atoms with E-state index < -0.39 is 5.91 Å². The average molecular weight is 456 g/mol. The van der Waals surface area contributed by atoms with Gasteiger partial charge < -0.3 is 14.7 Å². The van der Waals surface area contributed by atoms with Crippen molar-refractivity contribution < 1.29 is 9.90 Å². The van der Waals surface area contributed by atoms with Gasteiger partial charge in [0.1, 0.15) is 0 Å². The Hall–Kier alpha value is -3.91. The van der Waals surface area contributed by atoms with E-state index in [9.17, 15) is 9.90 Å². The number of azo groups is 1. The number of fused-ring (bicyclic) bond motifs is 2. The van der Waals surface area contributed by atoms with E-state index in [2.05, 4.69) is 51.0 Å². The van der Waals surface area contributed by atoms with Gasteiger partial charge in [0.25, 0.3) is 5.91 Å². The van der Waals surface area contributed by atoms with Crippen molar-refractivity contribution in [2.45, 2.75) is 18.6 Å². The first kappa shape index (κ1) is 21.0. The van der Waals surface area contributed by atoms with E-state index in [1.165, 1.54) is 17.3 Å². The zero-order chi connectivity index (χ0) is 22.8. The molecule has 0 saturated heterocycles. The summed E-state index contributed by atoms with van der Waals surface area (Å²) in [6, 6.07) is 23.6. The van der Waals surface area contributed by atoms with Gasteiger partial charge in [0.05, 0.1) is 28.8 Å². The minimum atomic E-state index is -0.404. The van der Waals surface area contributed by atoms with Gasteiger partial charge in [0.2, 0.25) is 5.88 Å². The van der Waals surface area contributed by atoms with E-state index in [4.69, 9.17) is 4.98 Å². The van der Waals surface area contributed by atoms with E-state index in [0.717, 1.165) is 27.3 Å². The monoisotopic (exact) mass is 455 g/mol. The normalized spacial score (nSPS) is 11.7. The number of aryl methyl sites for hydroxylation is 1. The van der Waals surface area contributed by atoms with Crippen LogP contribution < -0.4 is 0 Å². The summed E-state index contributed by atoms with van der Waals surface area (Å²) in [5, 5.41) is 19.4. The number of hydrogen-bond donors (Lipinski definition) is 2. The molecule has 5 rings (SSSR count).